The van der Waals surface area contributed by atoms with Crippen LogP contribution in [0, 0.1) is 5.92 Å². The summed E-state index contributed by atoms with van der Waals surface area (Å²) < 4.78 is 0. The number of imide groups is 1. The number of hydrogen-bond acceptors (Lipinski definition) is 5. The molecule has 3 amide bonds. The number of nitrogens with zero attached hydrogens (tertiary/aromatic N) is 3. The molecule has 7 heteroatoms. The van der Waals surface area contributed by atoms with E-state index in [0.717, 1.165) is 23.9 Å². The highest BCUT2D eigenvalue weighted by Gasteiger charge is 2.48. The molecule has 2 rings (SSSR count). The molecule has 0 aliphatic carbocycles. The number of likely N-dealkylation sites (N-methyl/N-ethyl adjacent to an activating group) is 1. The zero-order chi connectivity index (χ0) is 19.1. The smallest absolute Gasteiger partial charge is 0.325 e. The normalized spacial score (nSPS) is 22.7. The Balaban J connectivity index is 1.94. The summed E-state index contributed by atoms with van der Waals surface area (Å²) >= 11 is 1.74. The summed E-state index contributed by atoms with van der Waals surface area (Å²) in [6, 6.07) is -0.741. The molecule has 0 radical (unpaired) electrons. The maximum absolute atomic E-state index is 12.4. The number of carbonyl (C=O) groups is 2. The van der Waals surface area contributed by atoms with Gasteiger partial charge in [-0.3, -0.25) is 10.1 Å². The molecule has 0 aromatic carbocycles. The third-order valence-corrected chi connectivity index (χ3v) is 6.09. The molecule has 0 aromatic heterocycles. The van der Waals surface area contributed by atoms with Crippen LogP contribution in [0.1, 0.15) is 65.7 Å². The van der Waals surface area contributed by atoms with Gasteiger partial charge < -0.3 is 9.80 Å². The Labute approximate surface area is 162 Å². The molecule has 148 valence electrons. The van der Waals surface area contributed by atoms with Crippen LogP contribution >= 0.6 is 11.8 Å². The topological polar surface area (TPSA) is 65.0 Å². The molecule has 1 saturated heterocycles. The van der Waals surface area contributed by atoms with Crippen molar-refractivity contribution in [1.29, 1.82) is 0 Å². The van der Waals surface area contributed by atoms with Gasteiger partial charge in [0.15, 0.2) is 17.4 Å². The van der Waals surface area contributed by atoms with Crippen LogP contribution in [0.2, 0.25) is 0 Å². The van der Waals surface area contributed by atoms with Crippen LogP contribution in [-0.4, -0.2) is 58.5 Å². The zero-order valence-electron chi connectivity index (χ0n) is 16.7. The van der Waals surface area contributed by atoms with Gasteiger partial charge in [-0.1, -0.05) is 64.6 Å². The van der Waals surface area contributed by atoms with E-state index in [2.05, 4.69) is 31.0 Å². The van der Waals surface area contributed by atoms with E-state index < -0.39 is 6.17 Å². The number of amidine groups is 1. The Hall–Kier alpha value is -1.24. The summed E-state index contributed by atoms with van der Waals surface area (Å²) in [5, 5.41) is 3.38. The van der Waals surface area contributed by atoms with Crippen molar-refractivity contribution in [3.63, 3.8) is 0 Å². The van der Waals surface area contributed by atoms with Crippen molar-refractivity contribution in [3.8, 4) is 0 Å². The predicted octanol–water partition coefficient (Wildman–Crippen LogP) is 3.67. The lowest BCUT2D eigenvalue weighted by molar-refractivity contribution is -0.127. The minimum Gasteiger partial charge on any atom is -0.336 e. The molecule has 26 heavy (non-hydrogen) atoms. The monoisotopic (exact) mass is 382 g/mol. The highest BCUT2D eigenvalue weighted by atomic mass is 32.2. The summed E-state index contributed by atoms with van der Waals surface area (Å²) in [5.41, 5.74) is 0. The van der Waals surface area contributed by atoms with Crippen LogP contribution in [-0.2, 0) is 4.79 Å². The summed E-state index contributed by atoms with van der Waals surface area (Å²) in [4.78, 5) is 32.8. The number of fused-ring (bicyclic) bond motifs is 1. The van der Waals surface area contributed by atoms with Crippen LogP contribution in [0.4, 0.5) is 4.79 Å². The highest BCUT2D eigenvalue weighted by molar-refractivity contribution is 8.13. The Bertz CT molecular complexity index is 524. The third-order valence-electron chi connectivity index (χ3n) is 5.00. The largest absolute Gasteiger partial charge is 0.336 e. The lowest BCUT2D eigenvalue weighted by Crippen LogP contribution is -2.63. The summed E-state index contributed by atoms with van der Waals surface area (Å²) in [7, 11) is 1.71. The fourth-order valence-corrected chi connectivity index (χ4v) is 4.38. The number of urea groups is 1. The van der Waals surface area contributed by atoms with Crippen LogP contribution in [0.25, 0.3) is 0 Å². The molecule has 2 unspecified atom stereocenters. The number of amides is 3. The SMILES string of the molecule is CCCCCCCCSC1=NC2C(C(=O)NC(=O)N2C)N1CCC(C)C. The average molecular weight is 383 g/mol. The molecule has 0 saturated carbocycles. The van der Waals surface area contributed by atoms with Crippen molar-refractivity contribution in [2.24, 2.45) is 10.9 Å². The van der Waals surface area contributed by atoms with Crippen molar-refractivity contribution in [3.05, 3.63) is 0 Å². The van der Waals surface area contributed by atoms with E-state index in [1.807, 2.05) is 0 Å². The minimum atomic E-state index is -0.393. The number of aliphatic imine (C=N–C) groups is 1. The third kappa shape index (κ3) is 5.38. The maximum Gasteiger partial charge on any atom is 0.325 e. The van der Waals surface area contributed by atoms with Gasteiger partial charge in [0.1, 0.15) is 0 Å². The van der Waals surface area contributed by atoms with E-state index >= 15 is 0 Å². The number of nitrogens with one attached hydrogen (secondary N) is 1. The first-order chi connectivity index (χ1) is 12.5. The predicted molar refractivity (Wildman–Crippen MR) is 108 cm³/mol. The Kier molecular flexibility index (Phi) is 8.25. The first kappa shape index (κ1) is 21.1. The standard InChI is InChI=1S/C19H34N4O2S/c1-5-6-7-8-9-10-13-26-19-20-16-15(23(19)12-11-14(2)3)17(24)21-18(25)22(16)4/h14-16H,5-13H2,1-4H3,(H,21,24,25). The van der Waals surface area contributed by atoms with Gasteiger partial charge in [-0.2, -0.15) is 0 Å². The van der Waals surface area contributed by atoms with Crippen LogP contribution in [0.5, 0.6) is 0 Å². The van der Waals surface area contributed by atoms with E-state index in [0.29, 0.717) is 5.92 Å². The quantitative estimate of drug-likeness (QED) is 0.586. The second-order valence-corrected chi connectivity index (χ2v) is 8.73. The van der Waals surface area contributed by atoms with Crippen molar-refractivity contribution in [1.82, 2.24) is 15.1 Å². The molecule has 0 bridgehead atoms. The van der Waals surface area contributed by atoms with E-state index in [1.54, 1.807) is 23.7 Å². The van der Waals surface area contributed by atoms with E-state index in [9.17, 15) is 9.59 Å². The molecule has 2 atom stereocenters. The molecule has 2 aliphatic heterocycles. The molecule has 6 nitrogen and oxygen atoms in total. The Morgan fingerprint density at radius 2 is 1.85 bits per heavy atom. The molecule has 0 aromatic rings. The van der Waals surface area contributed by atoms with Gasteiger partial charge in [-0.25, -0.2) is 9.79 Å². The van der Waals surface area contributed by atoms with Crippen LogP contribution < -0.4 is 5.32 Å². The van der Waals surface area contributed by atoms with E-state index in [-0.39, 0.29) is 18.0 Å². The number of carbonyl (C=O) groups excluding carboxylic acids is 2. The highest BCUT2D eigenvalue weighted by Crippen LogP contribution is 2.29. The summed E-state index contributed by atoms with van der Waals surface area (Å²) in [6.45, 7) is 7.41. The second kappa shape index (κ2) is 10.2. The zero-order valence-corrected chi connectivity index (χ0v) is 17.5. The van der Waals surface area contributed by atoms with Crippen molar-refractivity contribution >= 4 is 28.9 Å². The second-order valence-electron chi connectivity index (χ2n) is 7.67. The van der Waals surface area contributed by atoms with Gasteiger partial charge in [0, 0.05) is 19.3 Å². The van der Waals surface area contributed by atoms with E-state index in [1.165, 1.54) is 38.5 Å². The molecule has 1 fully saturated rings. The Morgan fingerprint density at radius 1 is 1.15 bits per heavy atom. The molecular weight excluding hydrogens is 348 g/mol. The maximum atomic E-state index is 12.4. The van der Waals surface area contributed by atoms with Gasteiger partial charge in [-0.05, 0) is 18.8 Å². The molecule has 0 spiro atoms. The fourth-order valence-electron chi connectivity index (χ4n) is 3.30. The van der Waals surface area contributed by atoms with Crippen molar-refractivity contribution < 1.29 is 9.59 Å². The number of hydrogen-bond donors (Lipinski definition) is 1. The first-order valence-corrected chi connectivity index (χ1v) is 11.0. The van der Waals surface area contributed by atoms with Gasteiger partial charge in [-0.15, -0.1) is 0 Å². The van der Waals surface area contributed by atoms with Crippen molar-refractivity contribution in [2.75, 3.05) is 19.3 Å². The minimum absolute atomic E-state index is 0.222. The lowest BCUT2D eigenvalue weighted by Gasteiger charge is -2.36. The van der Waals surface area contributed by atoms with Crippen molar-refractivity contribution in [2.45, 2.75) is 77.9 Å². The number of thioether (sulfide) groups is 1. The first-order valence-electron chi connectivity index (χ1n) is 10.0. The summed E-state index contributed by atoms with van der Waals surface area (Å²) in [6.07, 6.45) is 8.23. The number of rotatable bonds is 10. The van der Waals surface area contributed by atoms with Gasteiger partial charge in [0.2, 0.25) is 0 Å². The van der Waals surface area contributed by atoms with Gasteiger partial charge in [0.05, 0.1) is 0 Å². The van der Waals surface area contributed by atoms with Gasteiger partial charge >= 0.3 is 6.03 Å². The van der Waals surface area contributed by atoms with Gasteiger partial charge in [0.25, 0.3) is 5.91 Å². The molecule has 2 heterocycles. The van der Waals surface area contributed by atoms with Crippen LogP contribution in [0.3, 0.4) is 0 Å². The molecule has 1 N–H and O–H groups in total. The van der Waals surface area contributed by atoms with E-state index in [4.69, 9.17) is 4.99 Å². The Morgan fingerprint density at radius 3 is 2.54 bits per heavy atom. The summed E-state index contributed by atoms with van der Waals surface area (Å²) in [5.74, 6) is 1.35. The van der Waals surface area contributed by atoms with Crippen LogP contribution in [0.15, 0.2) is 4.99 Å². The number of unbranched alkanes of at least 4 members (excludes halogenated alkanes) is 5. The fraction of sp³-hybridized carbons (Fsp3) is 0.842. The average Bonchev–Trinajstić information content (AvgIpc) is 2.96. The lowest BCUT2D eigenvalue weighted by atomic mass is 10.1. The molecular formula is C19H34N4O2S. The molecule has 2 aliphatic rings.